The van der Waals surface area contributed by atoms with Gasteiger partial charge in [0.25, 0.3) is 0 Å². The summed E-state index contributed by atoms with van der Waals surface area (Å²) in [6.45, 7) is 0.889. The number of imidazole rings is 1. The average molecular weight is 972 g/mol. The van der Waals surface area contributed by atoms with E-state index in [0.29, 0.717) is 45.1 Å². The first-order valence-electron chi connectivity index (χ1n) is 21.6. The smallest absolute Gasteiger partial charge is 0.407 e. The standard InChI is InChI=1S/C49H49N9O9S2/c1-34(29-56(49(59)60)30-35-9-6-5-7-10-35)53-68(61,62)44-25-24-42(43-11-8-27-55-28-26-50-48(43)55)45(47-51-54-58(52-47)33-38-16-22-41(67-4)23-17-38)46(44)69(63,64)57(31-36-12-18-39(65-2)19-13-36)32-37-14-20-40(66-3)21-15-37/h5-28,34,53H,29-33H2,1-4H3,(H,59,60)/t34-/m1/s1. The Balaban J connectivity index is 1.34. The summed E-state index contributed by atoms with van der Waals surface area (Å²) < 4.78 is 84.2. The fourth-order valence-corrected chi connectivity index (χ4v) is 11.5. The second-order valence-electron chi connectivity index (χ2n) is 16.0. The number of hydrogen-bond donors (Lipinski definition) is 2. The minimum Gasteiger partial charge on any atom is -0.497 e. The van der Waals surface area contributed by atoms with Crippen LogP contribution in [0.1, 0.15) is 29.2 Å². The van der Waals surface area contributed by atoms with Gasteiger partial charge in [0.15, 0.2) is 0 Å². The zero-order chi connectivity index (χ0) is 48.7. The zero-order valence-electron chi connectivity index (χ0n) is 38.1. The first-order valence-corrected chi connectivity index (χ1v) is 24.5. The van der Waals surface area contributed by atoms with Crippen molar-refractivity contribution in [3.63, 3.8) is 0 Å². The van der Waals surface area contributed by atoms with Crippen molar-refractivity contribution in [1.29, 1.82) is 0 Å². The third-order valence-corrected chi connectivity index (χ3v) is 14.9. The van der Waals surface area contributed by atoms with Crippen LogP contribution in [0.5, 0.6) is 17.2 Å². The molecule has 3 heterocycles. The van der Waals surface area contributed by atoms with E-state index in [-0.39, 0.29) is 49.7 Å². The topological polar surface area (TPSA) is 213 Å². The van der Waals surface area contributed by atoms with Gasteiger partial charge in [-0.2, -0.15) is 9.10 Å². The van der Waals surface area contributed by atoms with Crippen molar-refractivity contribution in [1.82, 2.24) is 43.5 Å². The predicted octanol–water partition coefficient (Wildman–Crippen LogP) is 6.97. The monoisotopic (exact) mass is 971 g/mol. The molecule has 0 unspecified atom stereocenters. The number of carbonyl (C=O) groups is 1. The molecular weight excluding hydrogens is 923 g/mol. The molecule has 0 saturated heterocycles. The number of carboxylic acid groups (broad SMARTS) is 1. The Bertz CT molecular complexity index is 3230. The van der Waals surface area contributed by atoms with E-state index in [0.717, 1.165) is 10.5 Å². The fraction of sp³-hybridized carbons (Fsp3) is 0.204. The molecule has 69 heavy (non-hydrogen) atoms. The summed E-state index contributed by atoms with van der Waals surface area (Å²) in [7, 11) is -5.22. The van der Waals surface area contributed by atoms with E-state index in [2.05, 4.69) is 20.0 Å². The van der Waals surface area contributed by atoms with Gasteiger partial charge in [0.2, 0.25) is 25.9 Å². The number of methoxy groups -OCH3 is 3. The first-order chi connectivity index (χ1) is 33.3. The van der Waals surface area contributed by atoms with E-state index in [4.69, 9.17) is 19.3 Å². The first kappa shape index (κ1) is 47.8. The van der Waals surface area contributed by atoms with Crippen LogP contribution >= 0.6 is 0 Å². The van der Waals surface area contributed by atoms with E-state index in [1.807, 2.05) is 12.1 Å². The number of fused-ring (bicyclic) bond motifs is 1. The highest BCUT2D eigenvalue weighted by atomic mass is 32.2. The molecular formula is C49H49N9O9S2. The van der Waals surface area contributed by atoms with Crippen molar-refractivity contribution < 1.29 is 40.9 Å². The Hall–Kier alpha value is -7.65. The van der Waals surface area contributed by atoms with Crippen LogP contribution in [-0.4, -0.2) is 101 Å². The van der Waals surface area contributed by atoms with Crippen LogP contribution in [0.4, 0.5) is 4.79 Å². The minimum absolute atomic E-state index is 0.0242. The van der Waals surface area contributed by atoms with E-state index < -0.39 is 42.0 Å². The maximum absolute atomic E-state index is 16.1. The van der Waals surface area contributed by atoms with Crippen molar-refractivity contribution in [3.05, 3.63) is 168 Å². The SMILES string of the molecule is COc1ccc(CN(Cc2ccc(OC)cc2)S(=O)(=O)c2c(S(=O)(=O)N[C@H](C)CN(Cc3ccccc3)C(=O)O)ccc(-c3cccn4ccnc34)c2-c2nnn(Cc3ccc(OC)cc3)n2)cc1. The van der Waals surface area contributed by atoms with Crippen LogP contribution in [0.3, 0.4) is 0 Å². The van der Waals surface area contributed by atoms with Crippen molar-refractivity contribution in [2.75, 3.05) is 27.9 Å². The molecule has 0 aliphatic rings. The summed E-state index contributed by atoms with van der Waals surface area (Å²) >= 11 is 0. The van der Waals surface area contributed by atoms with Gasteiger partial charge in [-0.25, -0.2) is 31.3 Å². The van der Waals surface area contributed by atoms with Gasteiger partial charge in [-0.05, 0) is 94.6 Å². The quantitative estimate of drug-likeness (QED) is 0.0791. The lowest BCUT2D eigenvalue weighted by molar-refractivity contribution is 0.139. The van der Waals surface area contributed by atoms with Crippen molar-refractivity contribution in [3.8, 4) is 39.8 Å². The van der Waals surface area contributed by atoms with Gasteiger partial charge in [0.1, 0.15) is 32.7 Å². The molecule has 0 aliphatic carbocycles. The molecule has 8 rings (SSSR count). The Kier molecular flexibility index (Phi) is 14.3. The van der Waals surface area contributed by atoms with Crippen LogP contribution in [0.2, 0.25) is 0 Å². The number of nitrogens with zero attached hydrogens (tertiary/aromatic N) is 8. The van der Waals surface area contributed by atoms with Gasteiger partial charge in [0, 0.05) is 56.4 Å². The maximum atomic E-state index is 16.1. The molecule has 18 nitrogen and oxygen atoms in total. The fourth-order valence-electron chi connectivity index (χ4n) is 7.88. The summed E-state index contributed by atoms with van der Waals surface area (Å²) in [6.07, 6.45) is 3.82. The summed E-state index contributed by atoms with van der Waals surface area (Å²) in [4.78, 5) is 18.2. The summed E-state index contributed by atoms with van der Waals surface area (Å²) in [5.74, 6) is 1.55. The van der Waals surface area contributed by atoms with E-state index in [9.17, 15) is 9.90 Å². The molecule has 3 aromatic heterocycles. The van der Waals surface area contributed by atoms with Crippen LogP contribution in [-0.2, 0) is 46.2 Å². The van der Waals surface area contributed by atoms with Gasteiger partial charge in [0.05, 0.1) is 33.4 Å². The molecule has 0 fully saturated rings. The van der Waals surface area contributed by atoms with Crippen LogP contribution < -0.4 is 18.9 Å². The highest BCUT2D eigenvalue weighted by Gasteiger charge is 2.39. The van der Waals surface area contributed by atoms with Gasteiger partial charge >= 0.3 is 6.09 Å². The molecule has 0 spiro atoms. The molecule has 1 amide bonds. The number of sulfonamides is 2. The number of rotatable bonds is 20. The molecule has 0 radical (unpaired) electrons. The molecule has 0 saturated carbocycles. The highest BCUT2D eigenvalue weighted by molar-refractivity contribution is 7.92. The third kappa shape index (κ3) is 10.9. The second kappa shape index (κ2) is 20.7. The molecule has 1 atom stereocenters. The molecule has 8 aromatic rings. The molecule has 0 aliphatic heterocycles. The Morgan fingerprint density at radius 1 is 0.696 bits per heavy atom. The number of amides is 1. The van der Waals surface area contributed by atoms with Gasteiger partial charge in [-0.1, -0.05) is 72.8 Å². The summed E-state index contributed by atoms with van der Waals surface area (Å²) in [6, 6.07) is 35.0. The van der Waals surface area contributed by atoms with Gasteiger partial charge in [-0.15, -0.1) is 10.2 Å². The molecule has 356 valence electrons. The number of nitrogens with one attached hydrogen (secondary N) is 1. The predicted molar refractivity (Wildman–Crippen MR) is 257 cm³/mol. The number of benzene rings is 5. The Morgan fingerprint density at radius 3 is 1.86 bits per heavy atom. The van der Waals surface area contributed by atoms with Crippen molar-refractivity contribution >= 4 is 31.8 Å². The number of tetrazole rings is 1. The van der Waals surface area contributed by atoms with Crippen LogP contribution in [0.25, 0.3) is 28.2 Å². The maximum Gasteiger partial charge on any atom is 0.407 e. The Morgan fingerprint density at radius 2 is 1.28 bits per heavy atom. The molecule has 0 bridgehead atoms. The number of aromatic nitrogens is 6. The lowest BCUT2D eigenvalue weighted by atomic mass is 10.00. The third-order valence-electron chi connectivity index (χ3n) is 11.3. The van der Waals surface area contributed by atoms with Gasteiger partial charge < -0.3 is 28.6 Å². The molecule has 5 aromatic carbocycles. The summed E-state index contributed by atoms with van der Waals surface area (Å²) in [5, 5.41) is 23.7. The van der Waals surface area contributed by atoms with E-state index >= 15 is 16.8 Å². The number of pyridine rings is 1. The van der Waals surface area contributed by atoms with Crippen LogP contribution in [0.15, 0.2) is 156 Å². The van der Waals surface area contributed by atoms with Crippen molar-refractivity contribution in [2.45, 2.75) is 48.9 Å². The van der Waals surface area contributed by atoms with E-state index in [1.165, 1.54) is 42.4 Å². The van der Waals surface area contributed by atoms with Gasteiger partial charge in [-0.3, -0.25) is 0 Å². The normalized spacial score (nSPS) is 12.2. The van der Waals surface area contributed by atoms with E-state index in [1.54, 1.807) is 133 Å². The summed E-state index contributed by atoms with van der Waals surface area (Å²) in [5.41, 5.74) is 3.58. The molecule has 2 N–H and O–H groups in total. The largest absolute Gasteiger partial charge is 0.497 e. The lowest BCUT2D eigenvalue weighted by Crippen LogP contribution is -2.44. The Labute approximate surface area is 399 Å². The second-order valence-corrected chi connectivity index (χ2v) is 19.6. The lowest BCUT2D eigenvalue weighted by Gasteiger charge is -2.27. The average Bonchev–Trinajstić information content (AvgIpc) is 4.04. The number of ether oxygens (including phenoxy) is 3. The van der Waals surface area contributed by atoms with Crippen molar-refractivity contribution in [2.24, 2.45) is 0 Å². The number of hydrogen-bond acceptors (Lipinski definition) is 12. The highest BCUT2D eigenvalue weighted by Crippen LogP contribution is 2.42. The minimum atomic E-state index is -4.97. The van der Waals surface area contributed by atoms with Crippen LogP contribution in [0, 0.1) is 0 Å². The zero-order valence-corrected chi connectivity index (χ0v) is 39.7. The molecule has 20 heteroatoms.